The summed E-state index contributed by atoms with van der Waals surface area (Å²) in [6.07, 6.45) is 10.8. The lowest BCUT2D eigenvalue weighted by Crippen LogP contribution is -2.59. The molecule has 3 aliphatic heterocycles. The lowest BCUT2D eigenvalue weighted by Gasteiger charge is -2.53. The summed E-state index contributed by atoms with van der Waals surface area (Å²) in [6, 6.07) is 15.3. The number of rotatable bonds is 6. The zero-order valence-electron chi connectivity index (χ0n) is 29.0. The van der Waals surface area contributed by atoms with E-state index in [4.69, 9.17) is 4.74 Å². The highest BCUT2D eigenvalue weighted by Crippen LogP contribution is 2.44. The number of benzene rings is 2. The fourth-order valence-corrected chi connectivity index (χ4v) is 9.52. The van der Waals surface area contributed by atoms with Gasteiger partial charge in [-0.05, 0) is 105 Å². The van der Waals surface area contributed by atoms with Crippen LogP contribution in [-0.4, -0.2) is 55.4 Å². The van der Waals surface area contributed by atoms with Gasteiger partial charge in [0.2, 0.25) is 0 Å². The number of ether oxygens (including phenoxy) is 1. The van der Waals surface area contributed by atoms with Crippen LogP contribution in [0.25, 0.3) is 10.4 Å². The number of hydrogen-bond donors (Lipinski definition) is 1. The molecule has 2 amide bonds. The molecule has 2 aromatic heterocycles. The number of Topliss-reactive ketones (excluding diaryl/α,β-unsaturated/α-hetero) is 1. The first kappa shape index (κ1) is 33.7. The number of hydrogen-bond acceptors (Lipinski definition) is 7. The normalized spacial score (nSPS) is 18.6. The van der Waals surface area contributed by atoms with Crippen LogP contribution in [0.1, 0.15) is 92.9 Å². The van der Waals surface area contributed by atoms with Crippen molar-refractivity contribution < 1.29 is 23.5 Å². The first-order valence-electron chi connectivity index (χ1n) is 18.3. The number of aromatic nitrogens is 1. The molecule has 0 bridgehead atoms. The van der Waals surface area contributed by atoms with E-state index in [2.05, 4.69) is 15.2 Å². The number of carbonyl (C=O) groups excluding carboxylic acids is 3. The number of pyridine rings is 1. The molecule has 0 unspecified atom stereocenters. The average molecular weight is 707 g/mol. The molecule has 2 saturated heterocycles. The third-order valence-corrected chi connectivity index (χ3v) is 12.4. The first-order valence-corrected chi connectivity index (χ1v) is 19.1. The Kier molecular flexibility index (Phi) is 9.23. The molecule has 1 aliphatic carbocycles. The molecule has 3 fully saturated rings. The number of anilines is 3. The number of aryl methyl sites for hydroxylation is 1. The maximum Gasteiger partial charge on any atom is 0.259 e. The molecular formula is C41H43FN4O4S. The monoisotopic (exact) mass is 706 g/mol. The van der Waals surface area contributed by atoms with E-state index in [9.17, 15) is 18.8 Å². The maximum absolute atomic E-state index is 14.8. The summed E-state index contributed by atoms with van der Waals surface area (Å²) in [5.74, 6) is 0.0310. The lowest BCUT2D eigenvalue weighted by molar-refractivity contribution is -0.000511. The number of amides is 2. The summed E-state index contributed by atoms with van der Waals surface area (Å²) in [6.45, 7) is 5.55. The van der Waals surface area contributed by atoms with Gasteiger partial charge in [0.05, 0.1) is 16.1 Å². The van der Waals surface area contributed by atoms with Gasteiger partial charge in [-0.1, -0.05) is 25.7 Å². The number of ketones is 1. The minimum atomic E-state index is -0.425. The molecule has 51 heavy (non-hydrogen) atoms. The minimum Gasteiger partial charge on any atom is -0.381 e. The van der Waals surface area contributed by atoms with Crippen LogP contribution in [0.4, 0.5) is 21.6 Å². The molecule has 8 rings (SSSR count). The van der Waals surface area contributed by atoms with E-state index in [0.717, 1.165) is 91.3 Å². The van der Waals surface area contributed by atoms with Crippen LogP contribution in [0.15, 0.2) is 60.8 Å². The van der Waals surface area contributed by atoms with E-state index in [0.29, 0.717) is 41.3 Å². The van der Waals surface area contributed by atoms with Crippen molar-refractivity contribution in [1.82, 2.24) is 4.98 Å². The first-order chi connectivity index (χ1) is 24.8. The molecule has 2 aromatic carbocycles. The number of carbonyl (C=O) groups is 3. The number of nitrogens with zero attached hydrogens (tertiary/aromatic N) is 3. The van der Waals surface area contributed by atoms with Crippen LogP contribution in [0.5, 0.6) is 0 Å². The van der Waals surface area contributed by atoms with Gasteiger partial charge in [-0.2, -0.15) is 0 Å². The molecule has 1 spiro atoms. The van der Waals surface area contributed by atoms with Crippen LogP contribution in [-0.2, 0) is 11.2 Å². The van der Waals surface area contributed by atoms with Crippen molar-refractivity contribution in [2.45, 2.75) is 64.7 Å². The van der Waals surface area contributed by atoms with Gasteiger partial charge in [-0.25, -0.2) is 9.37 Å². The quantitative estimate of drug-likeness (QED) is 0.160. The van der Waals surface area contributed by atoms with Crippen molar-refractivity contribution >= 4 is 46.1 Å². The zero-order chi connectivity index (χ0) is 35.1. The van der Waals surface area contributed by atoms with Gasteiger partial charge >= 0.3 is 0 Å². The Morgan fingerprint density at radius 2 is 1.71 bits per heavy atom. The number of halogens is 1. The fraction of sp³-hybridized carbons (Fsp3) is 0.415. The molecule has 264 valence electrons. The van der Waals surface area contributed by atoms with E-state index >= 15 is 0 Å². The zero-order valence-corrected chi connectivity index (χ0v) is 29.8. The highest BCUT2D eigenvalue weighted by atomic mass is 32.1. The van der Waals surface area contributed by atoms with Gasteiger partial charge in [0.1, 0.15) is 11.6 Å². The molecule has 0 radical (unpaired) electrons. The summed E-state index contributed by atoms with van der Waals surface area (Å²) in [5, 5.41) is 3.00. The predicted octanol–water partition coefficient (Wildman–Crippen LogP) is 8.48. The maximum atomic E-state index is 14.8. The van der Waals surface area contributed by atoms with E-state index < -0.39 is 5.82 Å². The molecule has 1 saturated carbocycles. The predicted molar refractivity (Wildman–Crippen MR) is 199 cm³/mol. The molecule has 5 heterocycles. The van der Waals surface area contributed by atoms with Gasteiger partial charge in [0.15, 0.2) is 5.78 Å². The Hall–Kier alpha value is -4.41. The second-order valence-corrected chi connectivity index (χ2v) is 15.8. The minimum absolute atomic E-state index is 0.0639. The fourth-order valence-electron chi connectivity index (χ4n) is 8.26. The van der Waals surface area contributed by atoms with Gasteiger partial charge in [0, 0.05) is 72.1 Å². The third-order valence-electron chi connectivity index (χ3n) is 11.2. The highest BCUT2D eigenvalue weighted by molar-refractivity contribution is 7.17. The molecule has 0 atom stereocenters. The topological polar surface area (TPSA) is 91.8 Å². The van der Waals surface area contributed by atoms with Crippen LogP contribution in [0, 0.1) is 24.1 Å². The Labute approximate surface area is 302 Å². The smallest absolute Gasteiger partial charge is 0.259 e. The Morgan fingerprint density at radius 3 is 2.45 bits per heavy atom. The van der Waals surface area contributed by atoms with Crippen LogP contribution >= 0.6 is 11.3 Å². The summed E-state index contributed by atoms with van der Waals surface area (Å²) in [4.78, 5) is 51.3. The van der Waals surface area contributed by atoms with E-state index in [1.165, 1.54) is 36.3 Å². The standard InChI is InChI=1S/C41H43FN4O4S/c1-26-20-33(38(43-23-26)45-24-41(25-45)15-18-50-19-16-41)39(48)44-31-11-8-28(9-12-31)40(49)46-17-14-29-21-35(36(47)27-6-4-2-3-5-7-27)51-37(29)32-13-10-30(42)22-34(32)46/h8-13,20-23,27H,2-7,14-19,24-25H2,1H3,(H,44,48). The van der Waals surface area contributed by atoms with Gasteiger partial charge in [-0.15, -0.1) is 11.3 Å². The number of thiophene rings is 1. The molecule has 8 nitrogen and oxygen atoms in total. The largest absolute Gasteiger partial charge is 0.381 e. The van der Waals surface area contributed by atoms with Crippen molar-refractivity contribution in [2.75, 3.05) is 48.0 Å². The molecule has 4 aliphatic rings. The Bertz CT molecular complexity index is 1970. The Morgan fingerprint density at radius 1 is 0.961 bits per heavy atom. The van der Waals surface area contributed by atoms with Gasteiger partial charge in [-0.3, -0.25) is 14.4 Å². The van der Waals surface area contributed by atoms with E-state index in [1.54, 1.807) is 41.4 Å². The Balaban J connectivity index is 0.988. The van der Waals surface area contributed by atoms with Crippen LogP contribution < -0.4 is 15.1 Å². The summed E-state index contributed by atoms with van der Waals surface area (Å²) in [5.41, 5.74) is 4.93. The summed E-state index contributed by atoms with van der Waals surface area (Å²) < 4.78 is 20.3. The van der Waals surface area contributed by atoms with Crippen molar-refractivity contribution in [2.24, 2.45) is 11.3 Å². The number of nitrogens with one attached hydrogen (secondary N) is 1. The highest BCUT2D eigenvalue weighted by Gasteiger charge is 2.45. The summed E-state index contributed by atoms with van der Waals surface area (Å²) >= 11 is 1.47. The van der Waals surface area contributed by atoms with Gasteiger partial charge in [0.25, 0.3) is 11.8 Å². The van der Waals surface area contributed by atoms with Crippen molar-refractivity contribution in [3.8, 4) is 10.4 Å². The molecule has 4 aromatic rings. The van der Waals surface area contributed by atoms with Gasteiger partial charge < -0.3 is 19.9 Å². The van der Waals surface area contributed by atoms with Crippen molar-refractivity contribution in [3.63, 3.8) is 0 Å². The lowest BCUT2D eigenvalue weighted by atomic mass is 9.73. The second-order valence-electron chi connectivity index (χ2n) is 14.8. The SMILES string of the molecule is Cc1cnc(N2CC3(CCOCC3)C2)c(C(=O)Nc2ccc(C(=O)N3CCc4cc(C(=O)C5CCCCCC5)sc4-c4ccc(F)cc43)cc2)c1. The van der Waals surface area contributed by atoms with Crippen LogP contribution in [0.3, 0.4) is 0 Å². The van der Waals surface area contributed by atoms with E-state index in [-0.39, 0.29) is 28.9 Å². The third kappa shape index (κ3) is 6.71. The van der Waals surface area contributed by atoms with Crippen molar-refractivity contribution in [3.05, 3.63) is 93.7 Å². The molecular weight excluding hydrogens is 664 g/mol. The second kappa shape index (κ2) is 14.0. The molecule has 10 heteroatoms. The van der Waals surface area contributed by atoms with Crippen LogP contribution in [0.2, 0.25) is 0 Å². The number of fused-ring (bicyclic) bond motifs is 3. The van der Waals surface area contributed by atoms with Crippen molar-refractivity contribution in [1.29, 1.82) is 0 Å². The average Bonchev–Trinajstić information content (AvgIpc) is 3.27. The molecule has 1 N–H and O–H groups in total. The summed E-state index contributed by atoms with van der Waals surface area (Å²) in [7, 11) is 0. The van der Waals surface area contributed by atoms with E-state index in [1.807, 2.05) is 19.1 Å².